The standard InChI is InChI=1S/C21H25.C8H11.C7H6.2ClH.Zr/c1-20(2,3)16-9-7-14-11-15-8-10-17(21(4,5)6)13-19(15)18(14)12-16;1-6-4-7(2)8(3)5-6;1-7-5-3-2-4-6-7;;;/h7-13H,1-6H3;4,6H,1-3H3;1-6H;2*1H;/q;;;;;+2/p-2. The molecule has 0 N–H and O–H groups in total. The van der Waals surface area contributed by atoms with Crippen molar-refractivity contribution in [1.29, 1.82) is 0 Å². The zero-order valence-electron chi connectivity index (χ0n) is 24.9. The Hall–Kier alpha value is -1.53. The van der Waals surface area contributed by atoms with Crippen molar-refractivity contribution in [2.24, 2.45) is 5.92 Å². The predicted octanol–water partition coefficient (Wildman–Crippen LogP) is 3.70. The Balaban J connectivity index is 0.00000210. The zero-order chi connectivity index (χ0) is 26.7. The number of allylic oxidation sites excluding steroid dienone is 4. The first-order chi connectivity index (χ1) is 17.4. The number of hydrogen-bond donors (Lipinski definition) is 0. The number of halogens is 2. The van der Waals surface area contributed by atoms with Crippen molar-refractivity contribution in [3.8, 4) is 11.1 Å². The molecule has 3 aromatic rings. The first kappa shape index (κ1) is 32.0. The predicted molar refractivity (Wildman–Crippen MR) is 158 cm³/mol. The summed E-state index contributed by atoms with van der Waals surface area (Å²) in [5.74, 6) is 0.532. The molecule has 2 aliphatic carbocycles. The fraction of sp³-hybridized carbons (Fsp3) is 0.361. The quantitative estimate of drug-likeness (QED) is 0.412. The topological polar surface area (TPSA) is 0 Å². The summed E-state index contributed by atoms with van der Waals surface area (Å²) in [5, 5.41) is 0. The van der Waals surface area contributed by atoms with E-state index < -0.39 is 21.3 Å². The maximum absolute atomic E-state index is 2.74. The number of fused-ring (bicyclic) bond motifs is 3. The largest absolute Gasteiger partial charge is 1.00 e. The Morgan fingerprint density at radius 1 is 0.692 bits per heavy atom. The van der Waals surface area contributed by atoms with Gasteiger partial charge in [-0.25, -0.2) is 0 Å². The van der Waals surface area contributed by atoms with Crippen LogP contribution in [0.1, 0.15) is 93.8 Å². The summed E-state index contributed by atoms with van der Waals surface area (Å²) >= 11 is -2.40. The summed E-state index contributed by atoms with van der Waals surface area (Å²) in [5.41, 5.74) is 13.6. The molecule has 0 bridgehead atoms. The van der Waals surface area contributed by atoms with Gasteiger partial charge >= 0.3 is 234 Å². The van der Waals surface area contributed by atoms with Gasteiger partial charge in [0.1, 0.15) is 0 Å². The van der Waals surface area contributed by atoms with Crippen LogP contribution >= 0.6 is 0 Å². The van der Waals surface area contributed by atoms with E-state index in [2.05, 4.69) is 139 Å². The van der Waals surface area contributed by atoms with E-state index in [1.165, 1.54) is 33.4 Å². The third-order valence-corrected chi connectivity index (χ3v) is 16.7. The van der Waals surface area contributed by atoms with E-state index in [1.54, 1.807) is 20.0 Å². The van der Waals surface area contributed by atoms with E-state index >= 15 is 0 Å². The first-order valence-corrected chi connectivity index (χ1v) is 17.9. The van der Waals surface area contributed by atoms with Crippen molar-refractivity contribution in [2.45, 2.75) is 76.8 Å². The molecule has 2 aliphatic rings. The Labute approximate surface area is 257 Å². The molecule has 0 radical (unpaired) electrons. The second kappa shape index (κ2) is 11.8. The third kappa shape index (κ3) is 6.07. The van der Waals surface area contributed by atoms with Gasteiger partial charge in [-0.1, -0.05) is 0 Å². The minimum atomic E-state index is -2.40. The van der Waals surface area contributed by atoms with Gasteiger partial charge in [0.05, 0.1) is 0 Å². The second-order valence-corrected chi connectivity index (χ2v) is 18.9. The van der Waals surface area contributed by atoms with Crippen LogP contribution in [0.25, 0.3) is 11.1 Å². The molecular formula is C36H42Cl2Zr. The molecule has 0 aromatic heterocycles. The fourth-order valence-corrected chi connectivity index (χ4v) is 15.0. The van der Waals surface area contributed by atoms with Crippen LogP contribution < -0.4 is 24.8 Å². The molecular weight excluding hydrogens is 595 g/mol. The van der Waals surface area contributed by atoms with Crippen LogP contribution in [0.2, 0.25) is 0 Å². The van der Waals surface area contributed by atoms with Crippen LogP contribution in [-0.2, 0) is 32.1 Å². The van der Waals surface area contributed by atoms with Crippen molar-refractivity contribution < 1.29 is 46.1 Å². The van der Waals surface area contributed by atoms with Gasteiger partial charge in [-0.05, 0) is 0 Å². The summed E-state index contributed by atoms with van der Waals surface area (Å²) in [4.78, 5) is 0. The Bertz CT molecular complexity index is 1400. The van der Waals surface area contributed by atoms with Crippen molar-refractivity contribution >= 4 is 3.71 Å². The number of hydrogen-bond acceptors (Lipinski definition) is 0. The maximum atomic E-state index is 2.74. The Kier molecular flexibility index (Phi) is 9.65. The van der Waals surface area contributed by atoms with E-state index in [9.17, 15) is 0 Å². The number of benzene rings is 3. The monoisotopic (exact) mass is 634 g/mol. The van der Waals surface area contributed by atoms with Crippen molar-refractivity contribution in [3.63, 3.8) is 0 Å². The molecule has 0 spiro atoms. The molecule has 5 rings (SSSR count). The minimum Gasteiger partial charge on any atom is -1.00 e. The normalized spacial score (nSPS) is 16.8. The SMILES string of the molecule is CC1=CC(C)[C](/[Zr+2](=[CH]/c2ccccc2)[CH]2c3ccc(C(C)(C)C)cc3-c3cc(C(C)(C)C)ccc32)=C1C.[Cl-].[Cl-]. The molecule has 1 atom stereocenters. The second-order valence-electron chi connectivity index (χ2n) is 13.2. The first-order valence-electron chi connectivity index (χ1n) is 13.8. The van der Waals surface area contributed by atoms with Gasteiger partial charge in [0.15, 0.2) is 0 Å². The average molecular weight is 637 g/mol. The molecule has 0 amide bonds. The van der Waals surface area contributed by atoms with Crippen molar-refractivity contribution in [3.05, 3.63) is 115 Å². The summed E-state index contributed by atoms with van der Waals surface area (Å²) in [6.45, 7) is 21.1. The van der Waals surface area contributed by atoms with Crippen LogP contribution in [-0.4, -0.2) is 3.71 Å². The van der Waals surface area contributed by atoms with E-state index in [0.29, 0.717) is 9.54 Å². The van der Waals surface area contributed by atoms with Gasteiger partial charge < -0.3 is 24.8 Å². The number of rotatable bonds is 3. The third-order valence-electron chi connectivity index (χ3n) is 8.45. The molecule has 0 saturated carbocycles. The van der Waals surface area contributed by atoms with E-state index in [1.807, 2.05) is 0 Å². The smallest absolute Gasteiger partial charge is 1.00 e. The van der Waals surface area contributed by atoms with Crippen LogP contribution in [0.3, 0.4) is 0 Å². The molecule has 0 fully saturated rings. The maximum Gasteiger partial charge on any atom is -1.00 e. The molecule has 0 saturated heterocycles. The van der Waals surface area contributed by atoms with E-state index in [0.717, 1.165) is 0 Å². The molecule has 39 heavy (non-hydrogen) atoms. The zero-order valence-corrected chi connectivity index (χ0v) is 28.9. The van der Waals surface area contributed by atoms with E-state index in [-0.39, 0.29) is 35.6 Å². The van der Waals surface area contributed by atoms with Crippen LogP contribution in [0, 0.1) is 5.92 Å². The van der Waals surface area contributed by atoms with Crippen LogP contribution in [0.5, 0.6) is 0 Å². The molecule has 0 heterocycles. The van der Waals surface area contributed by atoms with Gasteiger partial charge in [-0.15, -0.1) is 0 Å². The molecule has 204 valence electrons. The fourth-order valence-electron chi connectivity index (χ4n) is 6.18. The Morgan fingerprint density at radius 3 is 1.59 bits per heavy atom. The molecule has 0 nitrogen and oxygen atoms in total. The summed E-state index contributed by atoms with van der Waals surface area (Å²) in [6.07, 6.45) is 2.51. The summed E-state index contributed by atoms with van der Waals surface area (Å²) in [6, 6.07) is 26.0. The van der Waals surface area contributed by atoms with Crippen molar-refractivity contribution in [1.82, 2.24) is 0 Å². The van der Waals surface area contributed by atoms with E-state index in [4.69, 9.17) is 0 Å². The van der Waals surface area contributed by atoms with Gasteiger partial charge in [-0.3, -0.25) is 0 Å². The van der Waals surface area contributed by atoms with Gasteiger partial charge in [0.2, 0.25) is 0 Å². The summed E-state index contributed by atoms with van der Waals surface area (Å²) < 4.78 is 5.01. The molecule has 3 heteroatoms. The van der Waals surface area contributed by atoms with Crippen LogP contribution in [0.15, 0.2) is 87.2 Å². The Morgan fingerprint density at radius 2 is 1.18 bits per heavy atom. The molecule has 1 unspecified atom stereocenters. The van der Waals surface area contributed by atoms with Crippen LogP contribution in [0.4, 0.5) is 0 Å². The summed E-state index contributed by atoms with van der Waals surface area (Å²) in [7, 11) is 0. The minimum absolute atomic E-state index is 0. The van der Waals surface area contributed by atoms with Crippen molar-refractivity contribution in [2.75, 3.05) is 0 Å². The van der Waals surface area contributed by atoms with Gasteiger partial charge in [-0.2, -0.15) is 0 Å². The average Bonchev–Trinajstić information content (AvgIpc) is 3.29. The van der Waals surface area contributed by atoms with Gasteiger partial charge in [0, 0.05) is 0 Å². The molecule has 0 aliphatic heterocycles. The van der Waals surface area contributed by atoms with Gasteiger partial charge in [0.25, 0.3) is 0 Å². The molecule has 3 aromatic carbocycles.